The molecule has 88 valence electrons. The van der Waals surface area contributed by atoms with Gasteiger partial charge in [-0.3, -0.25) is 0 Å². The van der Waals surface area contributed by atoms with Crippen LogP contribution in [-0.2, 0) is 0 Å². The number of nitrogens with two attached hydrogens (primary N) is 1. The topological polar surface area (TPSA) is 63.8 Å². The molecule has 17 heavy (non-hydrogen) atoms. The van der Waals surface area contributed by atoms with Crippen molar-refractivity contribution in [1.82, 2.24) is 9.97 Å². The molecule has 0 aliphatic carbocycles. The minimum absolute atomic E-state index is 0.546. The number of hydrogen-bond donors (Lipinski definition) is 2. The quantitative estimate of drug-likeness (QED) is 0.871. The SMILES string of the molecule is NCCNc1nccc(-c2cccc(Cl)c2)n1. The molecule has 3 N–H and O–H groups in total. The first-order valence-corrected chi connectivity index (χ1v) is 5.70. The molecular formula is C12H13ClN4. The van der Waals surface area contributed by atoms with E-state index in [9.17, 15) is 0 Å². The number of aromatic nitrogens is 2. The molecule has 0 aliphatic rings. The van der Waals surface area contributed by atoms with Crippen LogP contribution < -0.4 is 11.1 Å². The fourth-order valence-corrected chi connectivity index (χ4v) is 1.63. The number of nitrogens with zero attached hydrogens (tertiary/aromatic N) is 2. The zero-order valence-corrected chi connectivity index (χ0v) is 9.98. The van der Waals surface area contributed by atoms with Crippen molar-refractivity contribution >= 4 is 17.5 Å². The highest BCUT2D eigenvalue weighted by Crippen LogP contribution is 2.21. The van der Waals surface area contributed by atoms with Crippen LogP contribution in [0.2, 0.25) is 5.02 Å². The highest BCUT2D eigenvalue weighted by Gasteiger charge is 2.02. The Morgan fingerprint density at radius 1 is 1.29 bits per heavy atom. The van der Waals surface area contributed by atoms with Crippen molar-refractivity contribution in [2.24, 2.45) is 5.73 Å². The number of halogens is 1. The summed E-state index contributed by atoms with van der Waals surface area (Å²) < 4.78 is 0. The van der Waals surface area contributed by atoms with Crippen LogP contribution in [0.4, 0.5) is 5.95 Å². The van der Waals surface area contributed by atoms with E-state index < -0.39 is 0 Å². The predicted molar refractivity (Wildman–Crippen MR) is 70.0 cm³/mol. The zero-order valence-electron chi connectivity index (χ0n) is 9.23. The van der Waals surface area contributed by atoms with E-state index in [2.05, 4.69) is 15.3 Å². The van der Waals surface area contributed by atoms with Gasteiger partial charge in [-0.05, 0) is 18.2 Å². The van der Waals surface area contributed by atoms with Gasteiger partial charge in [0.2, 0.25) is 5.95 Å². The third-order valence-electron chi connectivity index (χ3n) is 2.20. The lowest BCUT2D eigenvalue weighted by molar-refractivity contribution is 0.990. The number of nitrogens with one attached hydrogen (secondary N) is 1. The first-order valence-electron chi connectivity index (χ1n) is 5.32. The highest BCUT2D eigenvalue weighted by molar-refractivity contribution is 6.30. The van der Waals surface area contributed by atoms with Crippen LogP contribution in [-0.4, -0.2) is 23.1 Å². The first-order chi connectivity index (χ1) is 8.29. The molecule has 2 aromatic rings. The molecule has 0 saturated heterocycles. The van der Waals surface area contributed by atoms with Crippen molar-refractivity contribution in [2.75, 3.05) is 18.4 Å². The van der Waals surface area contributed by atoms with Gasteiger partial charge in [0, 0.05) is 29.9 Å². The summed E-state index contributed by atoms with van der Waals surface area (Å²) in [5, 5.41) is 3.73. The van der Waals surface area contributed by atoms with Crippen molar-refractivity contribution in [3.63, 3.8) is 0 Å². The largest absolute Gasteiger partial charge is 0.353 e. The summed E-state index contributed by atoms with van der Waals surface area (Å²) in [6.07, 6.45) is 1.71. The third-order valence-corrected chi connectivity index (χ3v) is 2.44. The summed E-state index contributed by atoms with van der Waals surface area (Å²) in [7, 11) is 0. The van der Waals surface area contributed by atoms with Crippen LogP contribution in [0.1, 0.15) is 0 Å². The van der Waals surface area contributed by atoms with Crippen LogP contribution in [0.5, 0.6) is 0 Å². The van der Waals surface area contributed by atoms with Gasteiger partial charge in [-0.2, -0.15) is 0 Å². The second-order valence-electron chi connectivity index (χ2n) is 3.49. The lowest BCUT2D eigenvalue weighted by Gasteiger charge is -2.05. The summed E-state index contributed by atoms with van der Waals surface area (Å²) in [6.45, 7) is 1.20. The van der Waals surface area contributed by atoms with Crippen molar-refractivity contribution in [3.05, 3.63) is 41.6 Å². The summed E-state index contributed by atoms with van der Waals surface area (Å²) >= 11 is 5.94. The molecule has 0 atom stereocenters. The van der Waals surface area contributed by atoms with Gasteiger partial charge < -0.3 is 11.1 Å². The van der Waals surface area contributed by atoms with Crippen molar-refractivity contribution in [2.45, 2.75) is 0 Å². The molecule has 0 spiro atoms. The molecule has 0 bridgehead atoms. The molecule has 0 amide bonds. The zero-order chi connectivity index (χ0) is 12.1. The maximum absolute atomic E-state index is 5.94. The van der Waals surface area contributed by atoms with Gasteiger partial charge in [-0.15, -0.1) is 0 Å². The molecule has 0 fully saturated rings. The first kappa shape index (κ1) is 11.8. The Hall–Kier alpha value is -1.65. The van der Waals surface area contributed by atoms with Gasteiger partial charge in [-0.1, -0.05) is 23.7 Å². The minimum atomic E-state index is 0.546. The minimum Gasteiger partial charge on any atom is -0.353 e. The van der Waals surface area contributed by atoms with Gasteiger partial charge in [0.25, 0.3) is 0 Å². The van der Waals surface area contributed by atoms with Crippen molar-refractivity contribution in [1.29, 1.82) is 0 Å². The molecule has 2 rings (SSSR count). The average Bonchev–Trinajstić information content (AvgIpc) is 2.37. The van der Waals surface area contributed by atoms with Crippen LogP contribution in [0.3, 0.4) is 0 Å². The number of rotatable bonds is 4. The smallest absolute Gasteiger partial charge is 0.223 e. The van der Waals surface area contributed by atoms with E-state index >= 15 is 0 Å². The Bertz CT molecular complexity index is 501. The summed E-state index contributed by atoms with van der Waals surface area (Å²) in [5.74, 6) is 0.577. The Balaban J connectivity index is 2.26. The molecule has 4 nitrogen and oxygen atoms in total. The predicted octanol–water partition coefficient (Wildman–Crippen LogP) is 2.17. The van der Waals surface area contributed by atoms with E-state index in [1.165, 1.54) is 0 Å². The van der Waals surface area contributed by atoms with Crippen LogP contribution >= 0.6 is 11.6 Å². The normalized spacial score (nSPS) is 10.2. The van der Waals surface area contributed by atoms with Crippen LogP contribution in [0.15, 0.2) is 36.5 Å². The van der Waals surface area contributed by atoms with Crippen molar-refractivity contribution in [3.8, 4) is 11.3 Å². The molecule has 1 aromatic heterocycles. The monoisotopic (exact) mass is 248 g/mol. The fourth-order valence-electron chi connectivity index (χ4n) is 1.44. The van der Waals surface area contributed by atoms with Gasteiger partial charge in [0.1, 0.15) is 0 Å². The maximum atomic E-state index is 5.94. The van der Waals surface area contributed by atoms with Gasteiger partial charge >= 0.3 is 0 Å². The Labute approximate surface area is 105 Å². The number of benzene rings is 1. The molecule has 5 heteroatoms. The summed E-state index contributed by atoms with van der Waals surface area (Å²) in [5.41, 5.74) is 7.21. The van der Waals surface area contributed by atoms with Crippen molar-refractivity contribution < 1.29 is 0 Å². The van der Waals surface area contributed by atoms with Crippen LogP contribution in [0, 0.1) is 0 Å². The molecule has 1 aromatic carbocycles. The molecular weight excluding hydrogens is 236 g/mol. The van der Waals surface area contributed by atoms with E-state index in [4.69, 9.17) is 17.3 Å². The number of anilines is 1. The van der Waals surface area contributed by atoms with E-state index in [-0.39, 0.29) is 0 Å². The number of hydrogen-bond acceptors (Lipinski definition) is 4. The van der Waals surface area contributed by atoms with E-state index in [0.717, 1.165) is 11.3 Å². The van der Waals surface area contributed by atoms with Crippen LogP contribution in [0.25, 0.3) is 11.3 Å². The Morgan fingerprint density at radius 3 is 2.94 bits per heavy atom. The molecule has 1 heterocycles. The van der Waals surface area contributed by atoms with Gasteiger partial charge in [0.15, 0.2) is 0 Å². The van der Waals surface area contributed by atoms with Gasteiger partial charge in [0.05, 0.1) is 5.69 Å². The fraction of sp³-hybridized carbons (Fsp3) is 0.167. The molecule has 0 radical (unpaired) electrons. The second-order valence-corrected chi connectivity index (χ2v) is 3.93. The highest BCUT2D eigenvalue weighted by atomic mass is 35.5. The van der Waals surface area contributed by atoms with E-state index in [1.807, 2.05) is 30.3 Å². The average molecular weight is 249 g/mol. The Morgan fingerprint density at radius 2 is 2.18 bits per heavy atom. The molecule has 0 unspecified atom stereocenters. The maximum Gasteiger partial charge on any atom is 0.223 e. The Kier molecular flexibility index (Phi) is 3.90. The second kappa shape index (κ2) is 5.61. The third kappa shape index (κ3) is 3.15. The lowest BCUT2D eigenvalue weighted by atomic mass is 10.1. The molecule has 0 saturated carbocycles. The summed E-state index contributed by atoms with van der Waals surface area (Å²) in [4.78, 5) is 8.50. The summed E-state index contributed by atoms with van der Waals surface area (Å²) in [6, 6.07) is 9.41. The standard InChI is InChI=1S/C12H13ClN4/c13-10-3-1-2-9(8-10)11-4-6-15-12(17-11)16-7-5-14/h1-4,6,8H,5,7,14H2,(H,15,16,17). The van der Waals surface area contributed by atoms with E-state index in [1.54, 1.807) is 6.20 Å². The van der Waals surface area contributed by atoms with E-state index in [0.29, 0.717) is 24.1 Å². The lowest BCUT2D eigenvalue weighted by Crippen LogP contribution is -2.14. The van der Waals surface area contributed by atoms with Gasteiger partial charge in [-0.25, -0.2) is 9.97 Å². The molecule has 0 aliphatic heterocycles.